The Balaban J connectivity index is 2.25. The number of hydrogen-bond donors (Lipinski definition) is 1. The SMILES string of the molecule is FC(F)(F)c1cccc(Nc2cccc(Br)n2)c1. The predicted octanol–water partition coefficient (Wildman–Crippen LogP) is 4.61. The highest BCUT2D eigenvalue weighted by molar-refractivity contribution is 9.10. The first-order valence-electron chi connectivity index (χ1n) is 5.02. The molecule has 94 valence electrons. The molecule has 0 fully saturated rings. The minimum Gasteiger partial charge on any atom is -0.340 e. The van der Waals surface area contributed by atoms with Crippen molar-refractivity contribution in [1.29, 1.82) is 0 Å². The zero-order valence-corrected chi connectivity index (χ0v) is 10.6. The van der Waals surface area contributed by atoms with Crippen molar-refractivity contribution in [2.75, 3.05) is 5.32 Å². The Bertz CT molecular complexity index is 555. The number of anilines is 2. The molecular formula is C12H8BrF3N2. The first kappa shape index (κ1) is 12.9. The van der Waals surface area contributed by atoms with Crippen LogP contribution in [0.4, 0.5) is 24.7 Å². The van der Waals surface area contributed by atoms with Crippen LogP contribution in [0.3, 0.4) is 0 Å². The van der Waals surface area contributed by atoms with Crippen molar-refractivity contribution in [3.8, 4) is 0 Å². The molecule has 0 atom stereocenters. The van der Waals surface area contributed by atoms with Crippen LogP contribution in [-0.4, -0.2) is 4.98 Å². The molecule has 18 heavy (non-hydrogen) atoms. The molecule has 2 rings (SSSR count). The highest BCUT2D eigenvalue weighted by Gasteiger charge is 2.30. The molecule has 1 aromatic heterocycles. The maximum atomic E-state index is 12.5. The number of aromatic nitrogens is 1. The van der Waals surface area contributed by atoms with Gasteiger partial charge < -0.3 is 5.32 Å². The van der Waals surface area contributed by atoms with E-state index in [-0.39, 0.29) is 0 Å². The largest absolute Gasteiger partial charge is 0.416 e. The second kappa shape index (κ2) is 4.97. The van der Waals surface area contributed by atoms with Crippen LogP contribution in [0, 0.1) is 0 Å². The van der Waals surface area contributed by atoms with Gasteiger partial charge in [-0.05, 0) is 46.3 Å². The van der Waals surface area contributed by atoms with Gasteiger partial charge in [-0.25, -0.2) is 4.98 Å². The molecule has 0 unspecified atom stereocenters. The first-order chi connectivity index (χ1) is 8.45. The molecule has 1 heterocycles. The van der Waals surface area contributed by atoms with E-state index in [1.54, 1.807) is 24.3 Å². The predicted molar refractivity (Wildman–Crippen MR) is 66.7 cm³/mol. The van der Waals surface area contributed by atoms with Gasteiger partial charge in [-0.15, -0.1) is 0 Å². The summed E-state index contributed by atoms with van der Waals surface area (Å²) in [5, 5.41) is 2.82. The fourth-order valence-electron chi connectivity index (χ4n) is 1.40. The molecule has 0 radical (unpaired) electrons. The van der Waals surface area contributed by atoms with E-state index in [1.165, 1.54) is 6.07 Å². The second-order valence-electron chi connectivity index (χ2n) is 3.55. The molecule has 1 N–H and O–H groups in total. The van der Waals surface area contributed by atoms with E-state index in [0.29, 0.717) is 16.1 Å². The van der Waals surface area contributed by atoms with E-state index in [2.05, 4.69) is 26.2 Å². The molecule has 0 aliphatic rings. The number of halogens is 4. The topological polar surface area (TPSA) is 24.9 Å². The van der Waals surface area contributed by atoms with E-state index < -0.39 is 11.7 Å². The fourth-order valence-corrected chi connectivity index (χ4v) is 1.74. The van der Waals surface area contributed by atoms with Gasteiger partial charge in [0.25, 0.3) is 0 Å². The summed E-state index contributed by atoms with van der Waals surface area (Å²) < 4.78 is 38.2. The van der Waals surface area contributed by atoms with Gasteiger partial charge in [0, 0.05) is 5.69 Å². The van der Waals surface area contributed by atoms with Gasteiger partial charge in [-0.2, -0.15) is 13.2 Å². The van der Waals surface area contributed by atoms with Crippen molar-refractivity contribution in [3.05, 3.63) is 52.6 Å². The zero-order valence-electron chi connectivity index (χ0n) is 9.00. The molecule has 2 aromatic rings. The van der Waals surface area contributed by atoms with Crippen LogP contribution in [0.15, 0.2) is 47.1 Å². The Morgan fingerprint density at radius 1 is 1.06 bits per heavy atom. The Labute approximate surface area is 110 Å². The molecule has 0 saturated carbocycles. The molecule has 0 amide bonds. The number of nitrogens with one attached hydrogen (secondary N) is 1. The maximum Gasteiger partial charge on any atom is 0.416 e. The lowest BCUT2D eigenvalue weighted by molar-refractivity contribution is -0.137. The number of benzene rings is 1. The van der Waals surface area contributed by atoms with Crippen molar-refractivity contribution >= 4 is 27.4 Å². The highest BCUT2D eigenvalue weighted by Crippen LogP contribution is 2.31. The van der Waals surface area contributed by atoms with Crippen LogP contribution >= 0.6 is 15.9 Å². The number of pyridine rings is 1. The van der Waals surface area contributed by atoms with E-state index in [4.69, 9.17) is 0 Å². The molecule has 0 bridgehead atoms. The maximum absolute atomic E-state index is 12.5. The number of hydrogen-bond acceptors (Lipinski definition) is 2. The number of alkyl halides is 3. The Hall–Kier alpha value is -1.56. The Kier molecular flexibility index (Phi) is 3.56. The minimum atomic E-state index is -4.34. The van der Waals surface area contributed by atoms with Gasteiger partial charge >= 0.3 is 6.18 Å². The van der Waals surface area contributed by atoms with Gasteiger partial charge in [0.05, 0.1) is 5.56 Å². The van der Waals surface area contributed by atoms with Gasteiger partial charge in [0.15, 0.2) is 0 Å². The van der Waals surface area contributed by atoms with Gasteiger partial charge in [-0.3, -0.25) is 0 Å². The lowest BCUT2D eigenvalue weighted by atomic mass is 10.2. The summed E-state index contributed by atoms with van der Waals surface area (Å²) in [4.78, 5) is 4.08. The molecule has 2 nitrogen and oxygen atoms in total. The summed E-state index contributed by atoms with van der Waals surface area (Å²) in [6.45, 7) is 0. The minimum absolute atomic E-state index is 0.343. The van der Waals surface area contributed by atoms with Crippen LogP contribution in [0.5, 0.6) is 0 Å². The van der Waals surface area contributed by atoms with Gasteiger partial charge in [0.1, 0.15) is 10.4 Å². The van der Waals surface area contributed by atoms with E-state index in [0.717, 1.165) is 12.1 Å². The summed E-state index contributed by atoms with van der Waals surface area (Å²) in [6, 6.07) is 10.1. The number of rotatable bonds is 2. The molecule has 6 heteroatoms. The standard InChI is InChI=1S/C12H8BrF3N2/c13-10-5-2-6-11(18-10)17-9-4-1-3-8(7-9)12(14,15)16/h1-7H,(H,17,18). The molecule has 0 saturated heterocycles. The van der Waals surface area contributed by atoms with Crippen molar-refractivity contribution in [2.45, 2.75) is 6.18 Å². The zero-order chi connectivity index (χ0) is 13.2. The fraction of sp³-hybridized carbons (Fsp3) is 0.0833. The summed E-state index contributed by atoms with van der Waals surface area (Å²) in [5.41, 5.74) is -0.349. The van der Waals surface area contributed by atoms with Crippen molar-refractivity contribution < 1.29 is 13.2 Å². The second-order valence-corrected chi connectivity index (χ2v) is 4.36. The van der Waals surface area contributed by atoms with Crippen molar-refractivity contribution in [3.63, 3.8) is 0 Å². The van der Waals surface area contributed by atoms with Crippen molar-refractivity contribution in [2.24, 2.45) is 0 Å². The summed E-state index contributed by atoms with van der Waals surface area (Å²) in [7, 11) is 0. The first-order valence-corrected chi connectivity index (χ1v) is 5.81. The van der Waals surface area contributed by atoms with E-state index in [9.17, 15) is 13.2 Å². The summed E-state index contributed by atoms with van der Waals surface area (Å²) >= 11 is 3.19. The quantitative estimate of drug-likeness (QED) is 0.819. The lowest BCUT2D eigenvalue weighted by Crippen LogP contribution is -2.05. The summed E-state index contributed by atoms with van der Waals surface area (Å²) in [5.74, 6) is 0.476. The third-order valence-corrected chi connectivity index (χ3v) is 2.62. The monoisotopic (exact) mass is 316 g/mol. The van der Waals surface area contributed by atoms with Crippen LogP contribution in [0.25, 0.3) is 0 Å². The Morgan fingerprint density at radius 2 is 1.78 bits per heavy atom. The van der Waals surface area contributed by atoms with Crippen LogP contribution < -0.4 is 5.32 Å². The van der Waals surface area contributed by atoms with Crippen LogP contribution in [0.2, 0.25) is 0 Å². The highest BCUT2D eigenvalue weighted by atomic mass is 79.9. The average Bonchev–Trinajstić information content (AvgIpc) is 2.28. The molecule has 0 aliphatic carbocycles. The van der Waals surface area contributed by atoms with Crippen molar-refractivity contribution in [1.82, 2.24) is 4.98 Å². The van der Waals surface area contributed by atoms with Crippen LogP contribution in [-0.2, 0) is 6.18 Å². The lowest BCUT2D eigenvalue weighted by Gasteiger charge is -2.10. The normalized spacial score (nSPS) is 11.3. The van der Waals surface area contributed by atoms with Crippen LogP contribution in [0.1, 0.15) is 5.56 Å². The average molecular weight is 317 g/mol. The third-order valence-electron chi connectivity index (χ3n) is 2.18. The summed E-state index contributed by atoms with van der Waals surface area (Å²) in [6.07, 6.45) is -4.34. The third kappa shape index (κ3) is 3.22. The Morgan fingerprint density at radius 3 is 2.44 bits per heavy atom. The van der Waals surface area contributed by atoms with E-state index >= 15 is 0 Å². The molecule has 0 spiro atoms. The molecule has 0 aliphatic heterocycles. The smallest absolute Gasteiger partial charge is 0.340 e. The number of nitrogens with zero attached hydrogens (tertiary/aromatic N) is 1. The molecule has 1 aromatic carbocycles. The van der Waals surface area contributed by atoms with Gasteiger partial charge in [-0.1, -0.05) is 12.1 Å². The van der Waals surface area contributed by atoms with Gasteiger partial charge in [0.2, 0.25) is 0 Å². The molecular weight excluding hydrogens is 309 g/mol. The van der Waals surface area contributed by atoms with E-state index in [1.807, 2.05) is 0 Å².